The van der Waals surface area contributed by atoms with Gasteiger partial charge in [0.2, 0.25) is 0 Å². The molecule has 83 valence electrons. The average Bonchev–Trinajstić information content (AvgIpc) is 2.31. The number of likely N-dealkylation sites (N-methyl/N-ethyl adjacent to an activating group) is 1. The van der Waals surface area contributed by atoms with Crippen molar-refractivity contribution in [3.8, 4) is 0 Å². The van der Waals surface area contributed by atoms with E-state index in [4.69, 9.17) is 4.74 Å². The van der Waals surface area contributed by atoms with E-state index in [1.807, 2.05) is 6.42 Å². The number of rotatable bonds is 2. The van der Waals surface area contributed by atoms with Crippen LogP contribution in [0, 0.1) is 6.42 Å². The van der Waals surface area contributed by atoms with E-state index in [9.17, 15) is 0 Å². The van der Waals surface area contributed by atoms with Crippen LogP contribution in [0.3, 0.4) is 0 Å². The predicted octanol–water partition coefficient (Wildman–Crippen LogP) is 0.907. The molecule has 0 N–H and O–H groups in total. The van der Waals surface area contributed by atoms with Crippen LogP contribution in [0.1, 0.15) is 0 Å². The largest absolute Gasteiger partial charge is 0.356 e. The lowest BCUT2D eigenvalue weighted by Crippen LogP contribution is -2.56. The van der Waals surface area contributed by atoms with Crippen LogP contribution in [0.25, 0.3) is 0 Å². The van der Waals surface area contributed by atoms with Gasteiger partial charge in [0.1, 0.15) is 0 Å². The maximum absolute atomic E-state index is 5.67. The van der Waals surface area contributed by atoms with Crippen molar-refractivity contribution < 1.29 is 4.74 Å². The molecule has 15 heavy (non-hydrogen) atoms. The molecule has 0 unspecified atom stereocenters. The summed E-state index contributed by atoms with van der Waals surface area (Å²) in [5, 5.41) is 0. The maximum atomic E-state index is 5.67. The molecular weight excluding hydrogens is 188 g/mol. The molecule has 0 amide bonds. The predicted molar refractivity (Wildman–Crippen MR) is 61.4 cm³/mol. The molecule has 1 fully saturated rings. The summed E-state index contributed by atoms with van der Waals surface area (Å²) in [7, 11) is 3.94. The standard InChI is InChI=1S/C12H19N2O/c1-13-8-10-14(11-9-13)12(15-2)6-4-3-5-7-12/h3-7H,8-11H2,1-2H3. The normalized spacial score (nSPS) is 27.1. The smallest absolute Gasteiger partial charge is 0.159 e. The summed E-state index contributed by atoms with van der Waals surface area (Å²) in [6, 6.07) is 0. The second-order valence-electron chi connectivity index (χ2n) is 4.16. The van der Waals surface area contributed by atoms with E-state index in [2.05, 4.69) is 41.2 Å². The van der Waals surface area contributed by atoms with Gasteiger partial charge in [0.15, 0.2) is 5.72 Å². The maximum Gasteiger partial charge on any atom is 0.159 e. The third-order valence-corrected chi connectivity index (χ3v) is 3.22. The molecule has 1 aliphatic carbocycles. The first kappa shape index (κ1) is 10.9. The number of piperazine rings is 1. The summed E-state index contributed by atoms with van der Waals surface area (Å²) in [4.78, 5) is 4.73. The van der Waals surface area contributed by atoms with Crippen LogP contribution in [0.15, 0.2) is 24.3 Å². The van der Waals surface area contributed by atoms with Gasteiger partial charge < -0.3 is 9.64 Å². The van der Waals surface area contributed by atoms with Gasteiger partial charge in [0, 0.05) is 39.7 Å². The SMILES string of the molecule is COC1(N2CCN(C)CC2)C=C[CH]C=C1. The average molecular weight is 207 g/mol. The summed E-state index contributed by atoms with van der Waals surface area (Å²) >= 11 is 0. The molecule has 1 saturated heterocycles. The van der Waals surface area contributed by atoms with Crippen molar-refractivity contribution in [1.82, 2.24) is 9.80 Å². The molecule has 3 nitrogen and oxygen atoms in total. The Kier molecular flexibility index (Phi) is 3.24. The van der Waals surface area contributed by atoms with Crippen molar-refractivity contribution in [2.75, 3.05) is 40.3 Å². The van der Waals surface area contributed by atoms with Crippen LogP contribution in [0.5, 0.6) is 0 Å². The van der Waals surface area contributed by atoms with Crippen LogP contribution in [-0.2, 0) is 4.74 Å². The Morgan fingerprint density at radius 3 is 2.20 bits per heavy atom. The molecule has 0 saturated carbocycles. The zero-order valence-corrected chi connectivity index (χ0v) is 9.52. The summed E-state index contributed by atoms with van der Waals surface area (Å²) in [5.41, 5.74) is -0.310. The number of hydrogen-bond acceptors (Lipinski definition) is 3. The Labute approximate surface area is 92.0 Å². The third kappa shape index (κ3) is 2.14. The van der Waals surface area contributed by atoms with Crippen molar-refractivity contribution in [1.29, 1.82) is 0 Å². The number of hydrogen-bond donors (Lipinski definition) is 0. The lowest BCUT2D eigenvalue weighted by Gasteiger charge is -2.43. The van der Waals surface area contributed by atoms with E-state index >= 15 is 0 Å². The molecule has 2 aliphatic rings. The molecule has 3 heteroatoms. The zero-order chi connectivity index (χ0) is 10.7. The fourth-order valence-corrected chi connectivity index (χ4v) is 2.14. The highest BCUT2D eigenvalue weighted by Crippen LogP contribution is 2.24. The summed E-state index contributed by atoms with van der Waals surface area (Å²) in [5.74, 6) is 0. The van der Waals surface area contributed by atoms with Crippen molar-refractivity contribution >= 4 is 0 Å². The Hall–Kier alpha value is -0.640. The molecule has 1 radical (unpaired) electrons. The third-order valence-electron chi connectivity index (χ3n) is 3.22. The first-order chi connectivity index (χ1) is 7.27. The minimum Gasteiger partial charge on any atom is -0.356 e. The van der Waals surface area contributed by atoms with Crippen molar-refractivity contribution in [3.05, 3.63) is 30.7 Å². The molecule has 0 aromatic heterocycles. The van der Waals surface area contributed by atoms with E-state index in [0.29, 0.717) is 0 Å². The van der Waals surface area contributed by atoms with Gasteiger partial charge in [-0.05, 0) is 19.2 Å². The second-order valence-corrected chi connectivity index (χ2v) is 4.16. The molecular formula is C12H19N2O. The summed E-state index contributed by atoms with van der Waals surface area (Å²) in [6.07, 6.45) is 10.4. The van der Waals surface area contributed by atoms with Crippen molar-refractivity contribution in [2.24, 2.45) is 0 Å². The van der Waals surface area contributed by atoms with Gasteiger partial charge in [0.05, 0.1) is 0 Å². The Morgan fingerprint density at radius 2 is 1.67 bits per heavy atom. The number of allylic oxidation sites excluding steroid dienone is 2. The molecule has 0 aromatic carbocycles. The summed E-state index contributed by atoms with van der Waals surface area (Å²) in [6.45, 7) is 4.32. The van der Waals surface area contributed by atoms with Gasteiger partial charge >= 0.3 is 0 Å². The van der Waals surface area contributed by atoms with E-state index in [1.165, 1.54) is 0 Å². The lowest BCUT2D eigenvalue weighted by molar-refractivity contribution is -0.0785. The highest BCUT2D eigenvalue weighted by Gasteiger charge is 2.34. The minimum atomic E-state index is -0.310. The van der Waals surface area contributed by atoms with Crippen LogP contribution in [0.4, 0.5) is 0 Å². The highest BCUT2D eigenvalue weighted by molar-refractivity contribution is 5.27. The number of ether oxygens (including phenoxy) is 1. The van der Waals surface area contributed by atoms with E-state index in [-0.39, 0.29) is 5.72 Å². The fraction of sp³-hybridized carbons (Fsp3) is 0.583. The second kappa shape index (κ2) is 4.47. The number of nitrogens with zero attached hydrogens (tertiary/aromatic N) is 2. The lowest BCUT2D eigenvalue weighted by atomic mass is 10.0. The van der Waals surface area contributed by atoms with Crippen LogP contribution < -0.4 is 0 Å². The van der Waals surface area contributed by atoms with Crippen LogP contribution >= 0.6 is 0 Å². The minimum absolute atomic E-state index is 0.310. The van der Waals surface area contributed by atoms with Crippen molar-refractivity contribution in [2.45, 2.75) is 5.72 Å². The van der Waals surface area contributed by atoms with Crippen molar-refractivity contribution in [3.63, 3.8) is 0 Å². The van der Waals surface area contributed by atoms with Gasteiger partial charge in [0.25, 0.3) is 0 Å². The van der Waals surface area contributed by atoms with Crippen LogP contribution in [0.2, 0.25) is 0 Å². The van der Waals surface area contributed by atoms with Gasteiger partial charge in [-0.25, -0.2) is 0 Å². The van der Waals surface area contributed by atoms with Gasteiger partial charge in [-0.2, -0.15) is 0 Å². The molecule has 0 bridgehead atoms. The topological polar surface area (TPSA) is 15.7 Å². The monoisotopic (exact) mass is 207 g/mol. The molecule has 1 heterocycles. The summed E-state index contributed by atoms with van der Waals surface area (Å²) < 4.78 is 5.67. The fourth-order valence-electron chi connectivity index (χ4n) is 2.14. The quantitative estimate of drug-likeness (QED) is 0.669. The Balaban J connectivity index is 2.09. The van der Waals surface area contributed by atoms with Crippen LogP contribution in [-0.4, -0.2) is 55.9 Å². The molecule has 2 rings (SSSR count). The van der Waals surface area contributed by atoms with E-state index in [1.54, 1.807) is 7.11 Å². The Morgan fingerprint density at radius 1 is 1.07 bits per heavy atom. The van der Waals surface area contributed by atoms with E-state index < -0.39 is 0 Å². The van der Waals surface area contributed by atoms with Gasteiger partial charge in [-0.15, -0.1) is 0 Å². The molecule has 0 atom stereocenters. The zero-order valence-electron chi connectivity index (χ0n) is 9.52. The van der Waals surface area contributed by atoms with E-state index in [0.717, 1.165) is 26.2 Å². The first-order valence-corrected chi connectivity index (χ1v) is 5.46. The first-order valence-electron chi connectivity index (χ1n) is 5.46. The number of methoxy groups -OCH3 is 1. The Bertz CT molecular complexity index is 253. The highest BCUT2D eigenvalue weighted by atomic mass is 16.5. The molecule has 0 spiro atoms. The molecule has 0 aromatic rings. The van der Waals surface area contributed by atoms with Gasteiger partial charge in [-0.1, -0.05) is 12.2 Å². The van der Waals surface area contributed by atoms with Gasteiger partial charge in [-0.3, -0.25) is 4.90 Å². The molecule has 1 aliphatic heterocycles.